The number of rotatable bonds is 6. The summed E-state index contributed by atoms with van der Waals surface area (Å²) in [5.74, 6) is 3.42. The van der Waals surface area contributed by atoms with E-state index in [4.69, 9.17) is 9.47 Å². The van der Waals surface area contributed by atoms with E-state index in [0.717, 1.165) is 5.75 Å². The molecule has 1 aliphatic rings. The van der Waals surface area contributed by atoms with Crippen LogP contribution in [-0.2, 0) is 4.74 Å². The van der Waals surface area contributed by atoms with Crippen molar-refractivity contribution < 1.29 is 9.47 Å². The fourth-order valence-corrected chi connectivity index (χ4v) is 3.05. The maximum atomic E-state index is 5.53. The predicted molar refractivity (Wildman–Crippen MR) is 77.8 cm³/mol. The Kier molecular flexibility index (Phi) is 5.68. The van der Waals surface area contributed by atoms with E-state index in [-0.39, 0.29) is 0 Å². The molecule has 4 heteroatoms. The summed E-state index contributed by atoms with van der Waals surface area (Å²) in [6, 6.07) is 8.80. The van der Waals surface area contributed by atoms with Gasteiger partial charge < -0.3 is 14.8 Å². The number of hydrogen-bond donors (Lipinski definition) is 1. The van der Waals surface area contributed by atoms with Crippen molar-refractivity contribution in [3.8, 4) is 5.75 Å². The molecule has 1 N–H and O–H groups in total. The number of anilines is 1. The first-order valence-corrected chi connectivity index (χ1v) is 7.60. The van der Waals surface area contributed by atoms with E-state index in [1.807, 2.05) is 23.9 Å². The van der Waals surface area contributed by atoms with Crippen LogP contribution in [0.3, 0.4) is 0 Å². The van der Waals surface area contributed by atoms with Crippen molar-refractivity contribution >= 4 is 17.4 Å². The Morgan fingerprint density at radius 2 is 2.11 bits per heavy atom. The molecule has 1 unspecified atom stereocenters. The van der Waals surface area contributed by atoms with Crippen molar-refractivity contribution in [1.29, 1.82) is 0 Å². The van der Waals surface area contributed by atoms with Crippen molar-refractivity contribution in [2.75, 3.05) is 37.1 Å². The third kappa shape index (κ3) is 4.42. The molecule has 1 aliphatic heterocycles. The molecule has 0 aliphatic carbocycles. The Balaban J connectivity index is 1.79. The average Bonchev–Trinajstić information content (AvgIpc) is 2.42. The minimum absolute atomic E-state index is 0.600. The Bertz CT molecular complexity index is 336. The van der Waals surface area contributed by atoms with Crippen LogP contribution in [0.15, 0.2) is 24.3 Å². The summed E-state index contributed by atoms with van der Waals surface area (Å²) in [6.45, 7) is 1.22. The maximum Gasteiger partial charge on any atom is 0.119 e. The molecule has 1 saturated heterocycles. The molecular formula is C14H21NO2S. The minimum Gasteiger partial charge on any atom is -0.491 e. The lowest BCUT2D eigenvalue weighted by Crippen LogP contribution is -2.25. The van der Waals surface area contributed by atoms with Gasteiger partial charge in [-0.1, -0.05) is 0 Å². The smallest absolute Gasteiger partial charge is 0.119 e. The topological polar surface area (TPSA) is 30.5 Å². The Morgan fingerprint density at radius 3 is 2.78 bits per heavy atom. The molecule has 1 fully saturated rings. The van der Waals surface area contributed by atoms with Crippen LogP contribution in [0.4, 0.5) is 5.69 Å². The lowest BCUT2D eigenvalue weighted by atomic mass is 10.1. The molecule has 0 spiro atoms. The van der Waals surface area contributed by atoms with Gasteiger partial charge in [0.05, 0.1) is 6.61 Å². The van der Waals surface area contributed by atoms with Crippen LogP contribution < -0.4 is 10.1 Å². The second-order valence-corrected chi connectivity index (χ2v) is 5.57. The van der Waals surface area contributed by atoms with Crippen LogP contribution in [0.5, 0.6) is 5.75 Å². The highest BCUT2D eigenvalue weighted by atomic mass is 32.2. The largest absolute Gasteiger partial charge is 0.491 e. The molecule has 3 nitrogen and oxygen atoms in total. The van der Waals surface area contributed by atoms with Gasteiger partial charge >= 0.3 is 0 Å². The minimum atomic E-state index is 0.600. The van der Waals surface area contributed by atoms with Gasteiger partial charge in [-0.25, -0.2) is 0 Å². The van der Waals surface area contributed by atoms with Crippen LogP contribution in [0, 0.1) is 0 Å². The lowest BCUT2D eigenvalue weighted by Gasteiger charge is -2.23. The first kappa shape index (κ1) is 13.6. The number of methoxy groups -OCH3 is 1. The zero-order chi connectivity index (χ0) is 12.6. The molecule has 0 radical (unpaired) electrons. The van der Waals surface area contributed by atoms with Gasteiger partial charge in [-0.2, -0.15) is 11.8 Å². The molecule has 0 saturated carbocycles. The van der Waals surface area contributed by atoms with E-state index in [1.54, 1.807) is 7.11 Å². The quantitative estimate of drug-likeness (QED) is 0.803. The molecule has 0 bridgehead atoms. The number of thioether (sulfide) groups is 1. The van der Waals surface area contributed by atoms with Gasteiger partial charge in [0, 0.05) is 24.6 Å². The van der Waals surface area contributed by atoms with E-state index in [9.17, 15) is 0 Å². The molecule has 1 heterocycles. The molecule has 1 atom stereocenters. The van der Waals surface area contributed by atoms with Gasteiger partial charge in [-0.3, -0.25) is 0 Å². The summed E-state index contributed by atoms with van der Waals surface area (Å²) < 4.78 is 10.5. The van der Waals surface area contributed by atoms with Gasteiger partial charge in [0.2, 0.25) is 0 Å². The second kappa shape index (κ2) is 7.54. The van der Waals surface area contributed by atoms with Crippen LogP contribution in [0.25, 0.3) is 0 Å². The van der Waals surface area contributed by atoms with Crippen LogP contribution in [-0.4, -0.2) is 37.9 Å². The summed E-state index contributed by atoms with van der Waals surface area (Å²) in [4.78, 5) is 0. The summed E-state index contributed by atoms with van der Waals surface area (Å²) in [5, 5.41) is 3.57. The maximum absolute atomic E-state index is 5.53. The molecule has 1 aromatic rings. The van der Waals surface area contributed by atoms with Crippen molar-refractivity contribution in [2.45, 2.75) is 18.9 Å². The number of nitrogens with one attached hydrogen (secondary N) is 1. The summed E-state index contributed by atoms with van der Waals surface area (Å²) in [7, 11) is 1.68. The van der Waals surface area contributed by atoms with E-state index in [2.05, 4.69) is 17.4 Å². The molecule has 0 aromatic heterocycles. The molecule has 0 amide bonds. The standard InChI is InChI=1S/C14H21NO2S/c1-16-8-9-17-14-6-4-12(5-7-14)15-13-3-2-10-18-11-13/h4-7,13,15H,2-3,8-11H2,1H3. The SMILES string of the molecule is COCCOc1ccc(NC2CCCSC2)cc1. The normalized spacial score (nSPS) is 19.5. The van der Waals surface area contributed by atoms with Crippen LogP contribution >= 0.6 is 11.8 Å². The Hall–Kier alpha value is -0.870. The fraction of sp³-hybridized carbons (Fsp3) is 0.571. The Morgan fingerprint density at radius 1 is 1.28 bits per heavy atom. The first-order valence-electron chi connectivity index (χ1n) is 6.44. The van der Waals surface area contributed by atoms with Crippen molar-refractivity contribution in [1.82, 2.24) is 0 Å². The highest BCUT2D eigenvalue weighted by Crippen LogP contribution is 2.22. The van der Waals surface area contributed by atoms with Gasteiger partial charge in [0.1, 0.15) is 12.4 Å². The van der Waals surface area contributed by atoms with Crippen molar-refractivity contribution in [3.05, 3.63) is 24.3 Å². The summed E-state index contributed by atoms with van der Waals surface area (Å²) in [5.41, 5.74) is 1.18. The second-order valence-electron chi connectivity index (χ2n) is 4.42. The highest BCUT2D eigenvalue weighted by molar-refractivity contribution is 7.99. The zero-order valence-corrected chi connectivity index (χ0v) is 11.7. The summed E-state index contributed by atoms with van der Waals surface area (Å²) >= 11 is 2.04. The van der Waals surface area contributed by atoms with Crippen molar-refractivity contribution in [3.63, 3.8) is 0 Å². The number of hydrogen-bond acceptors (Lipinski definition) is 4. The molecule has 1 aromatic carbocycles. The van der Waals surface area contributed by atoms with Gasteiger partial charge in [-0.05, 0) is 42.9 Å². The monoisotopic (exact) mass is 267 g/mol. The fourth-order valence-electron chi connectivity index (χ4n) is 1.98. The number of ether oxygens (including phenoxy) is 2. The van der Waals surface area contributed by atoms with Crippen LogP contribution in [0.2, 0.25) is 0 Å². The predicted octanol–water partition coefficient (Wildman–Crippen LogP) is 3.02. The first-order chi connectivity index (χ1) is 8.88. The third-order valence-corrected chi connectivity index (χ3v) is 4.16. The van der Waals surface area contributed by atoms with E-state index >= 15 is 0 Å². The van der Waals surface area contributed by atoms with E-state index in [0.29, 0.717) is 19.3 Å². The lowest BCUT2D eigenvalue weighted by molar-refractivity contribution is 0.146. The average molecular weight is 267 g/mol. The van der Waals surface area contributed by atoms with Gasteiger partial charge in [-0.15, -0.1) is 0 Å². The summed E-state index contributed by atoms with van der Waals surface area (Å²) in [6.07, 6.45) is 2.60. The molecule has 100 valence electrons. The zero-order valence-electron chi connectivity index (χ0n) is 10.9. The Labute approximate surface area is 113 Å². The number of benzene rings is 1. The third-order valence-electron chi connectivity index (χ3n) is 2.94. The molecule has 18 heavy (non-hydrogen) atoms. The molecular weight excluding hydrogens is 246 g/mol. The molecule has 2 rings (SSSR count). The van der Waals surface area contributed by atoms with Gasteiger partial charge in [0.15, 0.2) is 0 Å². The van der Waals surface area contributed by atoms with Crippen molar-refractivity contribution in [2.24, 2.45) is 0 Å². The highest BCUT2D eigenvalue weighted by Gasteiger charge is 2.12. The van der Waals surface area contributed by atoms with E-state index < -0.39 is 0 Å². The van der Waals surface area contributed by atoms with E-state index in [1.165, 1.54) is 30.0 Å². The van der Waals surface area contributed by atoms with Gasteiger partial charge in [0.25, 0.3) is 0 Å². The van der Waals surface area contributed by atoms with Crippen LogP contribution in [0.1, 0.15) is 12.8 Å².